The lowest BCUT2D eigenvalue weighted by atomic mass is 10.0. The van der Waals surface area contributed by atoms with Crippen LogP contribution in [0.4, 0.5) is 0 Å². The van der Waals surface area contributed by atoms with Crippen LogP contribution in [0.3, 0.4) is 0 Å². The van der Waals surface area contributed by atoms with Crippen LogP contribution >= 0.6 is 12.4 Å². The van der Waals surface area contributed by atoms with Crippen LogP contribution in [0.5, 0.6) is 5.75 Å². The molecule has 0 unspecified atom stereocenters. The number of phenolic OH excluding ortho intramolecular Hbond substituents is 1. The fourth-order valence-electron chi connectivity index (χ4n) is 1.56. The Balaban J connectivity index is 0.00000162. The summed E-state index contributed by atoms with van der Waals surface area (Å²) in [5, 5.41) is 18.4. The lowest BCUT2D eigenvalue weighted by molar-refractivity contribution is 0.0703. The number of hydrogen-bond donors (Lipinski definition) is 4. The molecule has 2 rings (SSSR count). The third-order valence-electron chi connectivity index (χ3n) is 2.40. The summed E-state index contributed by atoms with van der Waals surface area (Å²) in [5.74, 6) is -0.886. The molecular weight excluding hydrogens is 274 g/mol. The second kappa shape index (κ2) is 7.37. The first kappa shape index (κ1) is 16.9. The molecule has 7 nitrogen and oxygen atoms in total. The fraction of sp³-hybridized carbons (Fsp3) is 0.0909. The summed E-state index contributed by atoms with van der Waals surface area (Å²) in [6, 6.07) is 4.76. The van der Waals surface area contributed by atoms with E-state index in [9.17, 15) is 9.90 Å². The van der Waals surface area contributed by atoms with E-state index in [4.69, 9.17) is 5.21 Å². The maximum absolute atomic E-state index is 11.2. The zero-order valence-electron chi connectivity index (χ0n) is 9.75. The number of carbonyl (C=O) groups excluding carboxylic acids is 1. The van der Waals surface area contributed by atoms with E-state index in [1.54, 1.807) is 18.3 Å². The highest BCUT2D eigenvalue weighted by Crippen LogP contribution is 2.24. The Morgan fingerprint density at radius 2 is 2.16 bits per heavy atom. The van der Waals surface area contributed by atoms with Crippen molar-refractivity contribution in [2.45, 2.75) is 6.42 Å². The maximum atomic E-state index is 11.2. The molecule has 8 heteroatoms. The molecule has 0 aliphatic rings. The summed E-state index contributed by atoms with van der Waals surface area (Å²) in [6.07, 6.45) is 3.60. The highest BCUT2D eigenvalue weighted by atomic mass is 35.5. The summed E-state index contributed by atoms with van der Waals surface area (Å²) in [5.41, 5.74) is 2.92. The summed E-state index contributed by atoms with van der Waals surface area (Å²) >= 11 is 0. The van der Waals surface area contributed by atoms with Crippen LogP contribution in [-0.2, 0) is 6.42 Å². The quantitative estimate of drug-likeness (QED) is 0.481. The van der Waals surface area contributed by atoms with Gasteiger partial charge in [0.1, 0.15) is 5.75 Å². The minimum atomic E-state index is -0.742. The first-order valence-corrected chi connectivity index (χ1v) is 4.95. The molecule has 6 N–H and O–H groups in total. The molecule has 1 aromatic heterocycles. The van der Waals surface area contributed by atoms with Crippen LogP contribution in [0, 0.1) is 0 Å². The van der Waals surface area contributed by atoms with Gasteiger partial charge >= 0.3 is 0 Å². The molecule has 1 aromatic carbocycles. The summed E-state index contributed by atoms with van der Waals surface area (Å²) in [6.45, 7) is 0. The Morgan fingerprint density at radius 1 is 1.42 bits per heavy atom. The standard InChI is InChI=1S/C11H11N3O3.ClH.H2O/c15-10-7(4-8-5-12-6-13-8)2-1-3-9(10)11(16)14-17;;/h1-3,5-6,15,17H,4H2,(H,12,13)(H,14,16);1H;1H2. The van der Waals surface area contributed by atoms with E-state index < -0.39 is 5.91 Å². The average molecular weight is 288 g/mol. The number of hydroxylamine groups is 1. The van der Waals surface area contributed by atoms with E-state index in [1.807, 2.05) is 0 Å². The molecule has 0 radical (unpaired) electrons. The molecule has 0 aliphatic heterocycles. The number of nitrogens with zero attached hydrogens (tertiary/aromatic N) is 1. The maximum Gasteiger partial charge on any atom is 0.278 e. The van der Waals surface area contributed by atoms with Gasteiger partial charge in [0.05, 0.1) is 11.9 Å². The number of carbonyl (C=O) groups is 1. The number of nitrogens with one attached hydrogen (secondary N) is 2. The third kappa shape index (κ3) is 3.68. The van der Waals surface area contributed by atoms with Crippen molar-refractivity contribution in [1.29, 1.82) is 0 Å². The third-order valence-corrected chi connectivity index (χ3v) is 2.40. The van der Waals surface area contributed by atoms with Crippen molar-refractivity contribution in [2.75, 3.05) is 0 Å². The van der Waals surface area contributed by atoms with Crippen LogP contribution in [0.1, 0.15) is 21.6 Å². The monoisotopic (exact) mass is 287 g/mol. The molecule has 2 aromatic rings. The number of amides is 1. The molecule has 19 heavy (non-hydrogen) atoms. The minimum absolute atomic E-state index is 0. The lowest BCUT2D eigenvalue weighted by Gasteiger charge is -2.07. The van der Waals surface area contributed by atoms with Crippen molar-refractivity contribution < 1.29 is 20.6 Å². The van der Waals surface area contributed by atoms with E-state index in [0.29, 0.717) is 12.0 Å². The van der Waals surface area contributed by atoms with E-state index in [-0.39, 0.29) is 29.2 Å². The van der Waals surface area contributed by atoms with Gasteiger partial charge in [0, 0.05) is 23.9 Å². The van der Waals surface area contributed by atoms with Crippen LogP contribution in [0.25, 0.3) is 0 Å². The van der Waals surface area contributed by atoms with Crippen molar-refractivity contribution in [3.05, 3.63) is 47.5 Å². The van der Waals surface area contributed by atoms with Gasteiger partial charge in [0.2, 0.25) is 0 Å². The van der Waals surface area contributed by atoms with Gasteiger partial charge < -0.3 is 15.6 Å². The number of halogens is 1. The average Bonchev–Trinajstić information content (AvgIpc) is 2.84. The lowest BCUT2D eigenvalue weighted by Crippen LogP contribution is -2.18. The van der Waals surface area contributed by atoms with E-state index in [0.717, 1.165) is 5.69 Å². The number of aromatic nitrogens is 2. The number of imidazole rings is 1. The van der Waals surface area contributed by atoms with Gasteiger partial charge in [-0.25, -0.2) is 10.5 Å². The largest absolute Gasteiger partial charge is 0.507 e. The topological polar surface area (TPSA) is 130 Å². The molecule has 0 aliphatic carbocycles. The van der Waals surface area contributed by atoms with E-state index in [1.165, 1.54) is 17.9 Å². The van der Waals surface area contributed by atoms with E-state index in [2.05, 4.69) is 9.97 Å². The molecule has 1 heterocycles. The Kier molecular flexibility index (Phi) is 6.56. The van der Waals surface area contributed by atoms with Crippen LogP contribution in [-0.4, -0.2) is 31.7 Å². The molecule has 0 fully saturated rings. The van der Waals surface area contributed by atoms with Gasteiger partial charge in [-0.1, -0.05) is 12.1 Å². The Hall–Kier alpha value is -2.09. The normalized spacial score (nSPS) is 9.11. The Morgan fingerprint density at radius 3 is 2.74 bits per heavy atom. The van der Waals surface area contributed by atoms with Crippen molar-refractivity contribution in [1.82, 2.24) is 15.4 Å². The SMILES string of the molecule is Cl.O.O=C(NO)c1cccc(Cc2cnc[nH]2)c1O. The number of para-hydroxylation sites is 1. The second-order valence-electron chi connectivity index (χ2n) is 3.51. The number of rotatable bonds is 3. The molecule has 0 saturated carbocycles. The van der Waals surface area contributed by atoms with Crippen molar-refractivity contribution >= 4 is 18.3 Å². The first-order valence-electron chi connectivity index (χ1n) is 4.95. The predicted molar refractivity (Wildman–Crippen MR) is 69.6 cm³/mol. The van der Waals surface area contributed by atoms with Crippen molar-refractivity contribution in [3.8, 4) is 5.75 Å². The van der Waals surface area contributed by atoms with Crippen molar-refractivity contribution in [2.24, 2.45) is 0 Å². The molecule has 104 valence electrons. The summed E-state index contributed by atoms with van der Waals surface area (Å²) in [4.78, 5) is 18.0. The fourth-order valence-corrected chi connectivity index (χ4v) is 1.56. The van der Waals surface area contributed by atoms with Gasteiger partial charge in [-0.3, -0.25) is 10.0 Å². The van der Waals surface area contributed by atoms with Crippen LogP contribution < -0.4 is 5.48 Å². The van der Waals surface area contributed by atoms with Gasteiger partial charge in [-0.05, 0) is 6.07 Å². The Bertz CT molecular complexity index is 531. The first-order chi connectivity index (χ1) is 8.22. The molecule has 1 amide bonds. The number of aromatic hydroxyl groups is 1. The van der Waals surface area contributed by atoms with Gasteiger partial charge in [-0.15, -0.1) is 12.4 Å². The zero-order valence-corrected chi connectivity index (χ0v) is 10.6. The van der Waals surface area contributed by atoms with Crippen molar-refractivity contribution in [3.63, 3.8) is 0 Å². The number of aromatic amines is 1. The minimum Gasteiger partial charge on any atom is -0.507 e. The highest BCUT2D eigenvalue weighted by Gasteiger charge is 2.13. The van der Waals surface area contributed by atoms with E-state index >= 15 is 0 Å². The predicted octanol–water partition coefficient (Wildman–Crippen LogP) is 0.422. The summed E-state index contributed by atoms with van der Waals surface area (Å²) < 4.78 is 0. The molecule has 0 spiro atoms. The molecule has 0 saturated heterocycles. The molecule has 0 bridgehead atoms. The van der Waals surface area contributed by atoms with Gasteiger partial charge in [-0.2, -0.15) is 0 Å². The van der Waals surface area contributed by atoms with Crippen LogP contribution in [0.2, 0.25) is 0 Å². The second-order valence-corrected chi connectivity index (χ2v) is 3.51. The summed E-state index contributed by atoms with van der Waals surface area (Å²) in [7, 11) is 0. The molecular formula is C11H14ClN3O4. The van der Waals surface area contributed by atoms with Gasteiger partial charge in [0.25, 0.3) is 5.91 Å². The molecule has 0 atom stereocenters. The number of benzene rings is 1. The van der Waals surface area contributed by atoms with Crippen LogP contribution in [0.15, 0.2) is 30.7 Å². The number of hydrogen-bond acceptors (Lipinski definition) is 4. The highest BCUT2D eigenvalue weighted by molar-refractivity contribution is 5.96. The smallest absolute Gasteiger partial charge is 0.278 e. The Labute approximate surface area is 115 Å². The van der Waals surface area contributed by atoms with Gasteiger partial charge in [0.15, 0.2) is 0 Å². The number of phenols is 1. The zero-order chi connectivity index (χ0) is 12.3. The number of H-pyrrole nitrogens is 1.